The van der Waals surface area contributed by atoms with Crippen molar-refractivity contribution >= 4 is 23.6 Å². The molecule has 0 spiro atoms. The van der Waals surface area contributed by atoms with Crippen molar-refractivity contribution in [1.29, 1.82) is 0 Å². The molecule has 0 aliphatic rings. The summed E-state index contributed by atoms with van der Waals surface area (Å²) in [5.41, 5.74) is 0. The summed E-state index contributed by atoms with van der Waals surface area (Å²) in [7, 11) is 0. The standard InChI is InChI=1S/C10H17F2NO3S/c1-10(2,3)17-5-8(14)13-6(9(15)16)4-7(11)12/h6-7H,4-5H2,1-3H3,(H,13,14)(H,15,16). The lowest BCUT2D eigenvalue weighted by Crippen LogP contribution is -2.43. The van der Waals surface area contributed by atoms with Crippen molar-refractivity contribution in [2.45, 2.75) is 44.4 Å². The molecule has 1 amide bonds. The number of aliphatic carboxylic acids is 1. The molecule has 100 valence electrons. The Morgan fingerprint density at radius 1 is 1.35 bits per heavy atom. The molecule has 17 heavy (non-hydrogen) atoms. The Labute approximate surface area is 103 Å². The van der Waals surface area contributed by atoms with Gasteiger partial charge in [0.1, 0.15) is 6.04 Å². The van der Waals surface area contributed by atoms with Gasteiger partial charge in [-0.1, -0.05) is 20.8 Å². The third-order valence-corrected chi connectivity index (χ3v) is 2.96. The average molecular weight is 269 g/mol. The summed E-state index contributed by atoms with van der Waals surface area (Å²) < 4.78 is 24.0. The molecule has 1 atom stereocenters. The molecule has 0 radical (unpaired) electrons. The van der Waals surface area contributed by atoms with Gasteiger partial charge in [0.15, 0.2) is 0 Å². The average Bonchev–Trinajstić information content (AvgIpc) is 2.11. The molecule has 0 aliphatic carbocycles. The van der Waals surface area contributed by atoms with Crippen LogP contribution in [0.15, 0.2) is 0 Å². The van der Waals surface area contributed by atoms with Crippen molar-refractivity contribution in [3.8, 4) is 0 Å². The minimum Gasteiger partial charge on any atom is -0.480 e. The summed E-state index contributed by atoms with van der Waals surface area (Å²) in [5.74, 6) is -1.94. The van der Waals surface area contributed by atoms with Gasteiger partial charge in [0.25, 0.3) is 0 Å². The second-order valence-corrected chi connectivity index (χ2v) is 6.29. The van der Waals surface area contributed by atoms with E-state index in [0.717, 1.165) is 0 Å². The molecule has 7 heteroatoms. The smallest absolute Gasteiger partial charge is 0.326 e. The zero-order valence-corrected chi connectivity index (χ0v) is 10.8. The van der Waals surface area contributed by atoms with E-state index in [1.807, 2.05) is 20.8 Å². The van der Waals surface area contributed by atoms with Crippen LogP contribution in [0.1, 0.15) is 27.2 Å². The predicted octanol–water partition coefficient (Wildman–Crippen LogP) is 1.74. The summed E-state index contributed by atoms with van der Waals surface area (Å²) in [6.07, 6.45) is -3.63. The molecule has 0 aromatic heterocycles. The molecule has 0 aliphatic heterocycles. The zero-order chi connectivity index (χ0) is 13.6. The Morgan fingerprint density at radius 3 is 2.24 bits per heavy atom. The number of hydrogen-bond donors (Lipinski definition) is 2. The maximum absolute atomic E-state index is 12.1. The molecule has 0 aromatic rings. The number of alkyl halides is 2. The Bertz CT molecular complexity index is 279. The van der Waals surface area contributed by atoms with Crippen LogP contribution in [-0.4, -0.2) is 40.0 Å². The number of thioether (sulfide) groups is 1. The van der Waals surface area contributed by atoms with E-state index in [9.17, 15) is 18.4 Å². The number of carbonyl (C=O) groups excluding carboxylic acids is 1. The maximum Gasteiger partial charge on any atom is 0.326 e. The molecule has 2 N–H and O–H groups in total. The molecule has 0 saturated heterocycles. The molecule has 0 saturated carbocycles. The zero-order valence-electron chi connectivity index (χ0n) is 10.00. The molecule has 0 aromatic carbocycles. The van der Waals surface area contributed by atoms with Crippen LogP contribution in [0, 0.1) is 0 Å². The summed E-state index contributed by atoms with van der Waals surface area (Å²) >= 11 is 1.32. The van der Waals surface area contributed by atoms with Crippen LogP contribution in [0.5, 0.6) is 0 Å². The summed E-state index contributed by atoms with van der Waals surface area (Å²) in [6, 6.07) is -1.52. The number of amides is 1. The molecule has 0 fully saturated rings. The minimum atomic E-state index is -2.76. The van der Waals surface area contributed by atoms with Gasteiger partial charge >= 0.3 is 5.97 Å². The quantitative estimate of drug-likeness (QED) is 0.771. The van der Waals surface area contributed by atoms with Crippen molar-refractivity contribution in [3.63, 3.8) is 0 Å². The van der Waals surface area contributed by atoms with Gasteiger partial charge in [-0.25, -0.2) is 13.6 Å². The van der Waals surface area contributed by atoms with E-state index in [0.29, 0.717) is 0 Å². The van der Waals surface area contributed by atoms with Crippen molar-refractivity contribution in [3.05, 3.63) is 0 Å². The van der Waals surface area contributed by atoms with Crippen molar-refractivity contribution < 1.29 is 23.5 Å². The number of halogens is 2. The van der Waals surface area contributed by atoms with Gasteiger partial charge in [0.05, 0.1) is 5.75 Å². The topological polar surface area (TPSA) is 66.4 Å². The normalized spacial score (nSPS) is 13.5. The molecule has 0 heterocycles. The maximum atomic E-state index is 12.1. The Kier molecular flexibility index (Phi) is 6.44. The van der Waals surface area contributed by atoms with Gasteiger partial charge < -0.3 is 10.4 Å². The fraction of sp³-hybridized carbons (Fsp3) is 0.800. The first-order chi connectivity index (χ1) is 7.61. The molecule has 0 rings (SSSR count). The first-order valence-corrected chi connectivity index (χ1v) is 6.04. The van der Waals surface area contributed by atoms with Crippen molar-refractivity contribution in [1.82, 2.24) is 5.32 Å². The number of carbonyl (C=O) groups is 2. The molecule has 1 unspecified atom stereocenters. The summed E-state index contributed by atoms with van der Waals surface area (Å²) in [5, 5.41) is 10.7. The Hall–Kier alpha value is -0.850. The monoisotopic (exact) mass is 269 g/mol. The Balaban J connectivity index is 4.18. The van der Waals surface area contributed by atoms with Gasteiger partial charge in [-0.15, -0.1) is 11.8 Å². The van der Waals surface area contributed by atoms with Crippen LogP contribution in [0.4, 0.5) is 8.78 Å². The van der Waals surface area contributed by atoms with Gasteiger partial charge in [0.2, 0.25) is 12.3 Å². The fourth-order valence-corrected chi connectivity index (χ4v) is 1.57. The summed E-state index contributed by atoms with van der Waals surface area (Å²) in [6.45, 7) is 5.70. The second kappa shape index (κ2) is 6.78. The van der Waals surface area contributed by atoms with Crippen LogP contribution >= 0.6 is 11.8 Å². The third-order valence-electron chi connectivity index (χ3n) is 1.68. The highest BCUT2D eigenvalue weighted by atomic mass is 32.2. The van der Waals surface area contributed by atoms with Crippen LogP contribution in [0.2, 0.25) is 0 Å². The number of hydrogen-bond acceptors (Lipinski definition) is 3. The lowest BCUT2D eigenvalue weighted by atomic mass is 10.2. The molecular weight excluding hydrogens is 252 g/mol. The lowest BCUT2D eigenvalue weighted by molar-refractivity contribution is -0.142. The van der Waals surface area contributed by atoms with Crippen LogP contribution in [0.3, 0.4) is 0 Å². The number of nitrogens with one attached hydrogen (secondary N) is 1. The van der Waals surface area contributed by atoms with Crippen LogP contribution < -0.4 is 5.32 Å². The Morgan fingerprint density at radius 2 is 1.88 bits per heavy atom. The highest BCUT2D eigenvalue weighted by molar-refractivity contribution is 8.01. The number of carboxylic acid groups (broad SMARTS) is 1. The van der Waals surface area contributed by atoms with E-state index in [-0.39, 0.29) is 10.5 Å². The van der Waals surface area contributed by atoms with E-state index in [2.05, 4.69) is 5.32 Å². The van der Waals surface area contributed by atoms with Gasteiger partial charge in [-0.05, 0) is 0 Å². The van der Waals surface area contributed by atoms with E-state index in [1.165, 1.54) is 11.8 Å². The molecular formula is C10H17F2NO3S. The van der Waals surface area contributed by atoms with E-state index < -0.39 is 30.8 Å². The third kappa shape index (κ3) is 8.91. The van der Waals surface area contributed by atoms with Crippen LogP contribution in [-0.2, 0) is 9.59 Å². The molecule has 4 nitrogen and oxygen atoms in total. The molecule has 0 bridgehead atoms. The van der Waals surface area contributed by atoms with Crippen molar-refractivity contribution in [2.75, 3.05) is 5.75 Å². The van der Waals surface area contributed by atoms with Crippen molar-refractivity contribution in [2.24, 2.45) is 0 Å². The largest absolute Gasteiger partial charge is 0.480 e. The summed E-state index contributed by atoms with van der Waals surface area (Å²) in [4.78, 5) is 22.0. The first-order valence-electron chi connectivity index (χ1n) is 5.06. The van der Waals surface area contributed by atoms with Gasteiger partial charge in [-0.3, -0.25) is 4.79 Å². The number of rotatable bonds is 6. The highest BCUT2D eigenvalue weighted by Crippen LogP contribution is 2.22. The fourth-order valence-electron chi connectivity index (χ4n) is 0.918. The highest BCUT2D eigenvalue weighted by Gasteiger charge is 2.24. The van der Waals surface area contributed by atoms with Gasteiger partial charge in [-0.2, -0.15) is 0 Å². The van der Waals surface area contributed by atoms with Gasteiger partial charge in [0, 0.05) is 11.2 Å². The minimum absolute atomic E-state index is 0.0521. The van der Waals surface area contributed by atoms with E-state index in [4.69, 9.17) is 5.11 Å². The number of carboxylic acids is 1. The SMILES string of the molecule is CC(C)(C)SCC(=O)NC(CC(F)F)C(=O)O. The predicted molar refractivity (Wildman–Crippen MR) is 62.4 cm³/mol. The lowest BCUT2D eigenvalue weighted by Gasteiger charge is -2.18. The van der Waals surface area contributed by atoms with E-state index in [1.54, 1.807) is 0 Å². The van der Waals surface area contributed by atoms with E-state index >= 15 is 0 Å². The first kappa shape index (κ1) is 16.1. The second-order valence-electron chi connectivity index (χ2n) is 4.49. The van der Waals surface area contributed by atoms with Crippen LogP contribution in [0.25, 0.3) is 0 Å².